The third-order valence-electron chi connectivity index (χ3n) is 7.66. The highest BCUT2D eigenvalue weighted by Crippen LogP contribution is 2.37. The van der Waals surface area contributed by atoms with Gasteiger partial charge in [0.05, 0.1) is 5.71 Å². The molecular weight excluding hydrogens is 528 g/mol. The van der Waals surface area contributed by atoms with Crippen LogP contribution in [0.1, 0.15) is 60.3 Å². The van der Waals surface area contributed by atoms with E-state index in [2.05, 4.69) is 28.8 Å². The molecule has 0 radical (unpaired) electrons. The van der Waals surface area contributed by atoms with E-state index >= 15 is 0 Å². The quantitative estimate of drug-likeness (QED) is 0.0785. The molecule has 0 saturated heterocycles. The summed E-state index contributed by atoms with van der Waals surface area (Å²) in [7, 11) is 0. The number of ketones is 1. The van der Waals surface area contributed by atoms with Crippen LogP contribution in [0.5, 0.6) is 0 Å². The number of aryl methyl sites for hydroxylation is 2. The molecule has 1 aromatic heterocycles. The molecule has 0 aliphatic rings. The van der Waals surface area contributed by atoms with Gasteiger partial charge in [0.1, 0.15) is 4.75 Å². The first-order valence-corrected chi connectivity index (χ1v) is 14.9. The second-order valence-corrected chi connectivity index (χ2v) is 11.9. The summed E-state index contributed by atoms with van der Waals surface area (Å²) in [4.78, 5) is 32.2. The summed E-state index contributed by atoms with van der Waals surface area (Å²) < 4.78 is 1.38. The van der Waals surface area contributed by atoms with E-state index in [4.69, 9.17) is 4.84 Å². The highest BCUT2D eigenvalue weighted by Gasteiger charge is 2.37. The molecule has 0 fully saturated rings. The molecule has 5 rings (SSSR count). The Morgan fingerprint density at radius 1 is 0.854 bits per heavy atom. The van der Waals surface area contributed by atoms with Crippen molar-refractivity contribution < 1.29 is 14.4 Å². The Morgan fingerprint density at radius 2 is 1.46 bits per heavy atom. The van der Waals surface area contributed by atoms with Gasteiger partial charge in [-0.1, -0.05) is 72.7 Å². The Balaban J connectivity index is 1.51. The van der Waals surface area contributed by atoms with Gasteiger partial charge >= 0.3 is 5.97 Å². The molecule has 0 amide bonds. The minimum atomic E-state index is -0.863. The maximum atomic E-state index is 13.4. The fourth-order valence-corrected chi connectivity index (χ4v) is 6.38. The van der Waals surface area contributed by atoms with E-state index in [1.165, 1.54) is 11.8 Å². The van der Waals surface area contributed by atoms with Gasteiger partial charge in [-0.25, -0.2) is 4.79 Å². The molecule has 0 spiro atoms. The van der Waals surface area contributed by atoms with Crippen LogP contribution in [-0.2, 0) is 20.9 Å². The third-order valence-corrected chi connectivity index (χ3v) is 8.93. The van der Waals surface area contributed by atoms with Gasteiger partial charge in [-0.3, -0.25) is 4.79 Å². The van der Waals surface area contributed by atoms with Crippen molar-refractivity contribution in [3.63, 3.8) is 0 Å². The maximum absolute atomic E-state index is 13.4. The fraction of sp³-hybridized carbons (Fsp3) is 0.229. The molecule has 4 aromatic carbocycles. The molecule has 1 heterocycles. The molecule has 6 heteroatoms. The Bertz CT molecular complexity index is 1790. The summed E-state index contributed by atoms with van der Waals surface area (Å²) in [5.74, 6) is 0.364. The summed E-state index contributed by atoms with van der Waals surface area (Å²) in [5, 5.41) is 6.30. The van der Waals surface area contributed by atoms with Gasteiger partial charge in [0, 0.05) is 39.5 Å². The summed E-state index contributed by atoms with van der Waals surface area (Å²) in [5.41, 5.74) is 6.79. The number of thioether (sulfide) groups is 1. The van der Waals surface area contributed by atoms with Crippen molar-refractivity contribution in [2.24, 2.45) is 5.16 Å². The van der Waals surface area contributed by atoms with Crippen molar-refractivity contribution in [3.8, 4) is 0 Å². The van der Waals surface area contributed by atoms with Crippen LogP contribution in [0.2, 0.25) is 0 Å². The SMILES string of the molecule is CCSC(C)(C(=O)O/N=C(\C)c1ccc2c(c1)c1cc(C(=O)c3ccccc3C)ccc1n2CC)c1ccccc1. The average Bonchev–Trinajstić information content (AvgIpc) is 3.32. The second-order valence-electron chi connectivity index (χ2n) is 10.2. The van der Waals surface area contributed by atoms with Crippen molar-refractivity contribution in [1.29, 1.82) is 0 Å². The minimum Gasteiger partial charge on any atom is -0.341 e. The number of benzene rings is 4. The molecule has 5 nitrogen and oxygen atoms in total. The number of aromatic nitrogens is 1. The number of carbonyl (C=O) groups is 2. The molecule has 0 N–H and O–H groups in total. The molecule has 1 unspecified atom stereocenters. The molecule has 0 aliphatic carbocycles. The van der Waals surface area contributed by atoms with Gasteiger partial charge in [-0.05, 0) is 80.5 Å². The minimum absolute atomic E-state index is 0.00891. The van der Waals surface area contributed by atoms with Crippen LogP contribution in [-0.4, -0.2) is 27.8 Å². The van der Waals surface area contributed by atoms with Crippen molar-refractivity contribution in [2.75, 3.05) is 5.75 Å². The van der Waals surface area contributed by atoms with E-state index in [-0.39, 0.29) is 5.78 Å². The van der Waals surface area contributed by atoms with E-state index in [1.807, 2.05) is 107 Å². The number of rotatable bonds is 9. The zero-order valence-electron chi connectivity index (χ0n) is 24.1. The summed E-state index contributed by atoms with van der Waals surface area (Å²) in [6.45, 7) is 10.6. The standard InChI is InChI=1S/C35H34N2O3S/c1-6-37-31-19-17-25(24(4)36-40-34(39)35(5,41-7-2)27-14-9-8-10-15-27)21-29(31)30-22-26(18-20-32(30)37)33(38)28-16-12-11-13-23(28)3/h8-22H,6-7H2,1-5H3/b36-24+. The molecule has 0 saturated carbocycles. The first kappa shape index (κ1) is 28.4. The van der Waals surface area contributed by atoms with E-state index in [0.29, 0.717) is 16.8 Å². The molecule has 1 atom stereocenters. The lowest BCUT2D eigenvalue weighted by Gasteiger charge is -2.25. The van der Waals surface area contributed by atoms with Gasteiger partial charge in [0.2, 0.25) is 0 Å². The van der Waals surface area contributed by atoms with Gasteiger partial charge < -0.3 is 9.40 Å². The molecule has 0 aliphatic heterocycles. The number of hydrogen-bond acceptors (Lipinski definition) is 5. The first-order chi connectivity index (χ1) is 19.8. The number of carbonyl (C=O) groups excluding carboxylic acids is 2. The molecule has 0 bridgehead atoms. The highest BCUT2D eigenvalue weighted by atomic mass is 32.2. The van der Waals surface area contributed by atoms with Crippen molar-refractivity contribution in [1.82, 2.24) is 4.57 Å². The predicted octanol–water partition coefficient (Wildman–Crippen LogP) is 8.29. The highest BCUT2D eigenvalue weighted by molar-refractivity contribution is 8.00. The smallest absolute Gasteiger partial charge is 0.341 e. The van der Waals surface area contributed by atoms with Crippen LogP contribution in [0.3, 0.4) is 0 Å². The third kappa shape index (κ3) is 5.32. The second kappa shape index (κ2) is 11.8. The number of fused-ring (bicyclic) bond motifs is 3. The van der Waals surface area contributed by atoms with Gasteiger partial charge in [0.25, 0.3) is 0 Å². The lowest BCUT2D eigenvalue weighted by molar-refractivity contribution is -0.146. The van der Waals surface area contributed by atoms with Crippen LogP contribution in [0.15, 0.2) is 96.2 Å². The topological polar surface area (TPSA) is 60.7 Å². The maximum Gasteiger partial charge on any atom is 0.355 e. The Labute approximate surface area is 245 Å². The largest absolute Gasteiger partial charge is 0.355 e. The lowest BCUT2D eigenvalue weighted by Crippen LogP contribution is -2.30. The van der Waals surface area contributed by atoms with Crippen molar-refractivity contribution in [2.45, 2.75) is 45.9 Å². The van der Waals surface area contributed by atoms with Crippen LogP contribution in [0, 0.1) is 6.92 Å². The predicted molar refractivity (Wildman–Crippen MR) is 170 cm³/mol. The van der Waals surface area contributed by atoms with Gasteiger partial charge in [-0.15, -0.1) is 11.8 Å². The molecule has 208 valence electrons. The van der Waals surface area contributed by atoms with Crippen LogP contribution in [0.25, 0.3) is 21.8 Å². The number of nitrogens with zero attached hydrogens (tertiary/aromatic N) is 2. The Kier molecular flexibility index (Phi) is 8.13. The number of hydrogen-bond donors (Lipinski definition) is 0. The first-order valence-electron chi connectivity index (χ1n) is 13.9. The van der Waals surface area contributed by atoms with E-state index in [1.54, 1.807) is 0 Å². The zero-order chi connectivity index (χ0) is 29.1. The van der Waals surface area contributed by atoms with Crippen LogP contribution in [0.4, 0.5) is 0 Å². The summed E-state index contributed by atoms with van der Waals surface area (Å²) in [6, 6.07) is 29.4. The normalized spacial score (nSPS) is 13.3. The van der Waals surface area contributed by atoms with E-state index in [9.17, 15) is 9.59 Å². The Hall–Kier alpha value is -4.16. The van der Waals surface area contributed by atoms with E-state index < -0.39 is 10.7 Å². The van der Waals surface area contributed by atoms with Crippen molar-refractivity contribution in [3.05, 3.63) is 119 Å². The van der Waals surface area contributed by atoms with Crippen molar-refractivity contribution >= 4 is 51.0 Å². The molecular formula is C35H34N2O3S. The van der Waals surface area contributed by atoms with Gasteiger partial charge in [-0.2, -0.15) is 0 Å². The molecule has 5 aromatic rings. The number of oxime groups is 1. The zero-order valence-corrected chi connectivity index (χ0v) is 24.9. The summed E-state index contributed by atoms with van der Waals surface area (Å²) >= 11 is 1.52. The van der Waals surface area contributed by atoms with E-state index in [0.717, 1.165) is 50.8 Å². The molecule has 41 heavy (non-hydrogen) atoms. The average molecular weight is 563 g/mol. The fourth-order valence-electron chi connectivity index (χ4n) is 5.35. The monoisotopic (exact) mass is 562 g/mol. The Morgan fingerprint density at radius 3 is 2.10 bits per heavy atom. The summed E-state index contributed by atoms with van der Waals surface area (Å²) in [6.07, 6.45) is 0. The van der Waals surface area contributed by atoms with Crippen LogP contribution < -0.4 is 0 Å². The lowest BCUT2D eigenvalue weighted by atomic mass is 9.97. The van der Waals surface area contributed by atoms with Crippen LogP contribution >= 0.6 is 11.8 Å². The van der Waals surface area contributed by atoms with Gasteiger partial charge in [0.15, 0.2) is 5.78 Å².